The van der Waals surface area contributed by atoms with E-state index in [0.717, 1.165) is 43.5 Å². The largest absolute Gasteiger partial charge is 0.459 e. The lowest BCUT2D eigenvalue weighted by Crippen LogP contribution is -3.12. The summed E-state index contributed by atoms with van der Waals surface area (Å²) in [5.41, 5.74) is 0. The van der Waals surface area contributed by atoms with Gasteiger partial charge in [0, 0.05) is 6.04 Å². The van der Waals surface area contributed by atoms with Gasteiger partial charge in [0.05, 0.1) is 12.8 Å². The van der Waals surface area contributed by atoms with Crippen LogP contribution in [-0.2, 0) is 11.3 Å². The Balaban J connectivity index is 1.50. The standard InChI is InChI=1S/C18H25N5O4/c1-2-9-23(11-15(24)20-18(25)19-13-6-3-4-7-13)12-16-21-22-17(27-16)14-8-5-10-26-14/h5,8,10,13H,2-4,6-7,9,11-12H2,1H3,(H2,19,20,24,25)/p+1. The summed E-state index contributed by atoms with van der Waals surface area (Å²) >= 11 is 0. The minimum atomic E-state index is -0.416. The number of quaternary nitrogens is 1. The van der Waals surface area contributed by atoms with Gasteiger partial charge in [-0.2, -0.15) is 0 Å². The maximum atomic E-state index is 12.2. The number of hydrogen-bond acceptors (Lipinski definition) is 6. The molecular formula is C18H26N5O4+. The first-order valence-corrected chi connectivity index (χ1v) is 9.44. The molecule has 146 valence electrons. The normalized spacial score (nSPS) is 15.6. The van der Waals surface area contributed by atoms with Gasteiger partial charge in [-0.05, 0) is 31.4 Å². The van der Waals surface area contributed by atoms with E-state index in [0.29, 0.717) is 24.1 Å². The Morgan fingerprint density at radius 2 is 2.11 bits per heavy atom. The maximum absolute atomic E-state index is 12.2. The highest BCUT2D eigenvalue weighted by Crippen LogP contribution is 2.18. The Hall–Kier alpha value is -2.68. The lowest BCUT2D eigenvalue weighted by Gasteiger charge is -2.17. The highest BCUT2D eigenvalue weighted by Gasteiger charge is 2.22. The Morgan fingerprint density at radius 1 is 1.30 bits per heavy atom. The second-order valence-electron chi connectivity index (χ2n) is 6.83. The molecule has 0 bridgehead atoms. The summed E-state index contributed by atoms with van der Waals surface area (Å²) in [5.74, 6) is 0.922. The quantitative estimate of drug-likeness (QED) is 0.630. The van der Waals surface area contributed by atoms with Crippen molar-refractivity contribution >= 4 is 11.9 Å². The van der Waals surface area contributed by atoms with Crippen molar-refractivity contribution < 1.29 is 23.3 Å². The molecule has 0 saturated heterocycles. The van der Waals surface area contributed by atoms with Gasteiger partial charge in [0.15, 0.2) is 18.8 Å². The Labute approximate surface area is 157 Å². The van der Waals surface area contributed by atoms with Gasteiger partial charge in [-0.15, -0.1) is 10.2 Å². The topological polar surface area (TPSA) is 115 Å². The molecule has 2 aromatic rings. The molecule has 1 aliphatic carbocycles. The van der Waals surface area contributed by atoms with Crippen LogP contribution in [0.3, 0.4) is 0 Å². The molecule has 0 spiro atoms. The number of amides is 3. The molecule has 1 fully saturated rings. The van der Waals surface area contributed by atoms with Crippen LogP contribution in [0.15, 0.2) is 27.2 Å². The molecule has 1 unspecified atom stereocenters. The Morgan fingerprint density at radius 3 is 2.81 bits per heavy atom. The minimum Gasteiger partial charge on any atom is -0.459 e. The monoisotopic (exact) mass is 376 g/mol. The van der Waals surface area contributed by atoms with Gasteiger partial charge in [-0.3, -0.25) is 10.1 Å². The second kappa shape index (κ2) is 9.31. The summed E-state index contributed by atoms with van der Waals surface area (Å²) in [4.78, 5) is 25.1. The molecule has 9 heteroatoms. The predicted molar refractivity (Wildman–Crippen MR) is 95.6 cm³/mol. The number of rotatable bonds is 8. The first kappa shape index (κ1) is 19.1. The molecule has 0 aliphatic heterocycles. The summed E-state index contributed by atoms with van der Waals surface area (Å²) in [6.45, 7) is 3.34. The number of nitrogens with one attached hydrogen (secondary N) is 3. The zero-order valence-electron chi connectivity index (χ0n) is 15.5. The molecule has 27 heavy (non-hydrogen) atoms. The van der Waals surface area contributed by atoms with E-state index >= 15 is 0 Å². The van der Waals surface area contributed by atoms with E-state index in [1.807, 2.05) is 6.92 Å². The fourth-order valence-electron chi connectivity index (χ4n) is 3.32. The predicted octanol–water partition coefficient (Wildman–Crippen LogP) is 0.893. The van der Waals surface area contributed by atoms with E-state index in [2.05, 4.69) is 20.8 Å². The van der Waals surface area contributed by atoms with E-state index < -0.39 is 6.03 Å². The molecule has 3 N–H and O–H groups in total. The molecule has 3 rings (SSSR count). The smallest absolute Gasteiger partial charge is 0.321 e. The van der Waals surface area contributed by atoms with Crippen molar-refractivity contribution in [3.8, 4) is 11.7 Å². The van der Waals surface area contributed by atoms with Crippen molar-refractivity contribution in [1.82, 2.24) is 20.8 Å². The summed E-state index contributed by atoms with van der Waals surface area (Å²) in [6.07, 6.45) is 6.62. The van der Waals surface area contributed by atoms with Crippen LogP contribution in [0.1, 0.15) is 44.9 Å². The number of furan rings is 1. The lowest BCUT2D eigenvalue weighted by atomic mass is 10.2. The lowest BCUT2D eigenvalue weighted by molar-refractivity contribution is -0.907. The Bertz CT molecular complexity index is 737. The van der Waals surface area contributed by atoms with Crippen LogP contribution >= 0.6 is 0 Å². The molecule has 1 atom stereocenters. The molecule has 3 amide bonds. The second-order valence-corrected chi connectivity index (χ2v) is 6.83. The number of urea groups is 1. The van der Waals surface area contributed by atoms with Crippen LogP contribution in [0.4, 0.5) is 4.79 Å². The van der Waals surface area contributed by atoms with E-state index in [9.17, 15) is 9.59 Å². The van der Waals surface area contributed by atoms with Crippen LogP contribution < -0.4 is 15.5 Å². The third kappa shape index (κ3) is 5.65. The van der Waals surface area contributed by atoms with Gasteiger partial charge in [0.25, 0.3) is 17.7 Å². The van der Waals surface area contributed by atoms with Gasteiger partial charge >= 0.3 is 6.03 Å². The molecule has 9 nitrogen and oxygen atoms in total. The number of imide groups is 1. The van der Waals surface area contributed by atoms with Gasteiger partial charge in [0.2, 0.25) is 0 Å². The van der Waals surface area contributed by atoms with Crippen LogP contribution in [0.25, 0.3) is 11.7 Å². The number of aromatic nitrogens is 2. The zero-order valence-corrected chi connectivity index (χ0v) is 15.5. The van der Waals surface area contributed by atoms with Crippen LogP contribution in [0.2, 0.25) is 0 Å². The summed E-state index contributed by atoms with van der Waals surface area (Å²) < 4.78 is 10.8. The maximum Gasteiger partial charge on any atom is 0.321 e. The third-order valence-electron chi connectivity index (χ3n) is 4.56. The molecule has 2 heterocycles. The first-order chi connectivity index (χ1) is 13.1. The summed E-state index contributed by atoms with van der Waals surface area (Å²) in [7, 11) is 0. The SMILES string of the molecule is CCC[NH+](CC(=O)NC(=O)NC1CCCC1)Cc1nnc(-c2ccco2)o1. The molecule has 1 aliphatic rings. The molecule has 1 saturated carbocycles. The van der Waals surface area contributed by atoms with Crippen molar-refractivity contribution in [3.05, 3.63) is 24.3 Å². The van der Waals surface area contributed by atoms with Crippen molar-refractivity contribution in [1.29, 1.82) is 0 Å². The number of hydrogen-bond donors (Lipinski definition) is 3. The summed E-state index contributed by atoms with van der Waals surface area (Å²) in [6, 6.07) is 3.25. The van der Waals surface area contributed by atoms with Crippen LogP contribution in [-0.4, -0.2) is 41.3 Å². The Kier molecular flexibility index (Phi) is 6.59. The van der Waals surface area contributed by atoms with Crippen molar-refractivity contribution in [3.63, 3.8) is 0 Å². The van der Waals surface area contributed by atoms with Crippen molar-refractivity contribution in [2.24, 2.45) is 0 Å². The highest BCUT2D eigenvalue weighted by molar-refractivity contribution is 5.94. The van der Waals surface area contributed by atoms with Crippen LogP contribution in [0.5, 0.6) is 0 Å². The van der Waals surface area contributed by atoms with Gasteiger partial charge in [0.1, 0.15) is 0 Å². The van der Waals surface area contributed by atoms with Gasteiger partial charge in [-0.1, -0.05) is 19.8 Å². The average molecular weight is 376 g/mol. The fourth-order valence-corrected chi connectivity index (χ4v) is 3.32. The van der Waals surface area contributed by atoms with Gasteiger partial charge < -0.3 is 19.1 Å². The first-order valence-electron chi connectivity index (χ1n) is 9.44. The molecule has 2 aromatic heterocycles. The third-order valence-corrected chi connectivity index (χ3v) is 4.56. The van der Waals surface area contributed by atoms with E-state index in [4.69, 9.17) is 8.83 Å². The highest BCUT2D eigenvalue weighted by atomic mass is 16.4. The number of carbonyl (C=O) groups excluding carboxylic acids is 2. The van der Waals surface area contributed by atoms with E-state index in [1.54, 1.807) is 12.1 Å². The van der Waals surface area contributed by atoms with Crippen LogP contribution in [0, 0.1) is 0 Å². The zero-order chi connectivity index (χ0) is 19.1. The van der Waals surface area contributed by atoms with E-state index in [-0.39, 0.29) is 18.5 Å². The average Bonchev–Trinajstić information content (AvgIpc) is 3.37. The van der Waals surface area contributed by atoms with Crippen molar-refractivity contribution in [2.75, 3.05) is 13.1 Å². The van der Waals surface area contributed by atoms with Gasteiger partial charge in [-0.25, -0.2) is 4.79 Å². The van der Waals surface area contributed by atoms with Crippen molar-refractivity contribution in [2.45, 2.75) is 51.6 Å². The molecule has 0 aromatic carbocycles. The summed E-state index contributed by atoms with van der Waals surface area (Å²) in [5, 5.41) is 13.3. The van der Waals surface area contributed by atoms with E-state index in [1.165, 1.54) is 6.26 Å². The number of carbonyl (C=O) groups is 2. The fraction of sp³-hybridized carbons (Fsp3) is 0.556. The number of nitrogens with zero attached hydrogens (tertiary/aromatic N) is 2. The molecule has 0 radical (unpaired) electrons. The molecular weight excluding hydrogens is 350 g/mol. The minimum absolute atomic E-state index is 0.157.